The second kappa shape index (κ2) is 37.4. The van der Waals surface area contributed by atoms with E-state index in [1.165, 1.54) is 260 Å². The average Bonchev–Trinajstić information content (AvgIpc) is 1.55. The molecule has 4 nitrogen and oxygen atoms in total. The Morgan fingerprint density at radius 1 is 0.343 bits per heavy atom. The first kappa shape index (κ1) is 78.6. The quantitative estimate of drug-likeness (QED) is 0.0382. The van der Waals surface area contributed by atoms with Gasteiger partial charge in [0.05, 0.1) is 32.6 Å². The van der Waals surface area contributed by atoms with E-state index in [1.54, 1.807) is 11.3 Å². The summed E-state index contributed by atoms with van der Waals surface area (Å²) in [6.45, 7) is 32.8. The van der Waals surface area contributed by atoms with Crippen molar-refractivity contribution in [2.24, 2.45) is 35.5 Å². The third kappa shape index (κ3) is 17.3. The van der Waals surface area contributed by atoms with Gasteiger partial charge in [-0.1, -0.05) is 249 Å². The number of rotatable bonds is 43. The van der Waals surface area contributed by atoms with Crippen LogP contribution in [-0.4, -0.2) is 20.3 Å². The van der Waals surface area contributed by atoms with Crippen molar-refractivity contribution < 1.29 is 9.59 Å². The van der Waals surface area contributed by atoms with E-state index in [4.69, 9.17) is 8.75 Å². The Balaban J connectivity index is 1.19. The summed E-state index contributed by atoms with van der Waals surface area (Å²) in [7, 11) is 0. The number of aryl methyl sites for hydroxylation is 6. The van der Waals surface area contributed by atoms with Crippen LogP contribution in [0.25, 0.3) is 81.3 Å². The van der Waals surface area contributed by atoms with Crippen LogP contribution in [-0.2, 0) is 38.5 Å². The van der Waals surface area contributed by atoms with Crippen LogP contribution in [0.15, 0.2) is 48.5 Å². The van der Waals surface area contributed by atoms with E-state index in [9.17, 15) is 0 Å². The highest BCUT2D eigenvalue weighted by atomic mass is 32.1. The van der Waals surface area contributed by atoms with E-state index in [0.29, 0.717) is 57.8 Å². The maximum Gasteiger partial charge on any atom is 0.196 e. The minimum atomic E-state index is 0.0475. The van der Waals surface area contributed by atoms with Gasteiger partial charge in [-0.25, -0.2) is 0 Å². The van der Waals surface area contributed by atoms with E-state index in [1.807, 2.05) is 45.3 Å². The highest BCUT2D eigenvalue weighted by Crippen LogP contribution is 2.56. The van der Waals surface area contributed by atoms with Gasteiger partial charge >= 0.3 is 0 Å². The first-order chi connectivity index (χ1) is 49.7. The van der Waals surface area contributed by atoms with Gasteiger partial charge in [-0.15, -0.1) is 56.7 Å². The third-order valence-corrected chi connectivity index (χ3v) is 31.3. The molecule has 0 spiro atoms. The molecule has 102 heavy (non-hydrogen) atoms. The molecule has 0 radical (unpaired) electrons. The molecule has 6 unspecified atom stereocenters. The van der Waals surface area contributed by atoms with Crippen LogP contribution in [0.2, 0.25) is 0 Å². The Labute approximate surface area is 639 Å². The maximum absolute atomic E-state index is 16.9. The molecule has 4 aromatic carbocycles. The van der Waals surface area contributed by atoms with E-state index in [0.717, 1.165) is 94.8 Å². The standard InChI is InChI=1S/C92H124N2O2S6/c1-15-27-33-59(21-7)40-45-67-74-49-58(14)97-87(74)68(46-41-60(22-8)34-28-16-2)76-55-79(99-89(67)76)91-81-82(86(96)73-53-66(51-64(26-12)38-32-20-6)65(52-72(73)85(81)95)50-63(25-11)37-31-19-5)92(101-91)80-56-77-70(48-43-62(24-10)36-30-18-4)88-75(69(90(77)100-80)47-42-61(23-9)35-29-17-3)54-78(98-88)71-44-39-57(13)83-84(71)94-102-93-83/h39,44,49,52-56,59-64H,15-38,40-43,45-48,50-51H2,1-14H3. The predicted octanol–water partition coefficient (Wildman–Crippen LogP) is 31.1. The van der Waals surface area contributed by atoms with Crippen LogP contribution in [0.4, 0.5) is 0 Å². The number of fused-ring (bicyclic) bond motifs is 7. The number of benzene rings is 4. The fourth-order valence-electron chi connectivity index (χ4n) is 17.5. The van der Waals surface area contributed by atoms with Crippen LogP contribution in [0.3, 0.4) is 0 Å². The fraction of sp³-hybridized carbons (Fsp3) is 0.587. The zero-order valence-electron chi connectivity index (χ0n) is 65.3. The van der Waals surface area contributed by atoms with Gasteiger partial charge < -0.3 is 0 Å². The van der Waals surface area contributed by atoms with E-state index < -0.39 is 0 Å². The third-order valence-electron chi connectivity index (χ3n) is 24.5. The van der Waals surface area contributed by atoms with Gasteiger partial charge in [-0.05, 0) is 210 Å². The number of carbonyl (C=O) groups is 2. The van der Waals surface area contributed by atoms with Crippen LogP contribution >= 0.6 is 68.4 Å². The highest BCUT2D eigenvalue weighted by molar-refractivity contribution is 7.31. The molecule has 6 aromatic heterocycles. The number of aromatic nitrogens is 2. The van der Waals surface area contributed by atoms with E-state index in [-0.39, 0.29) is 11.6 Å². The number of hydrogen-bond donors (Lipinski definition) is 0. The van der Waals surface area contributed by atoms with Crippen molar-refractivity contribution in [1.82, 2.24) is 8.75 Å². The topological polar surface area (TPSA) is 59.9 Å². The first-order valence-corrected chi connectivity index (χ1v) is 46.2. The average molecular weight is 1480 g/mol. The van der Waals surface area contributed by atoms with Gasteiger partial charge in [0.1, 0.15) is 11.0 Å². The summed E-state index contributed by atoms with van der Waals surface area (Å²) in [6, 6.07) is 19.3. The summed E-state index contributed by atoms with van der Waals surface area (Å²) < 4.78 is 15.5. The zero-order valence-corrected chi connectivity index (χ0v) is 70.2. The van der Waals surface area contributed by atoms with Gasteiger partial charge in [0, 0.05) is 55.0 Å². The molecular weight excluding hydrogens is 1360 g/mol. The summed E-state index contributed by atoms with van der Waals surface area (Å²) in [5, 5.41) is 5.61. The first-order valence-electron chi connectivity index (χ1n) is 41.3. The highest BCUT2D eigenvalue weighted by Gasteiger charge is 2.40. The van der Waals surface area contributed by atoms with Gasteiger partial charge in [-0.2, -0.15) is 8.75 Å². The van der Waals surface area contributed by atoms with Crippen molar-refractivity contribution in [2.45, 2.75) is 315 Å². The largest absolute Gasteiger partial charge is 0.289 e. The molecular formula is C92H124N2O2S6. The van der Waals surface area contributed by atoms with Gasteiger partial charge in [0.25, 0.3) is 0 Å². The number of unbranched alkanes of at least 4 members (excludes halogenated alkanes) is 6. The molecule has 6 heterocycles. The Kier molecular flexibility index (Phi) is 28.8. The smallest absolute Gasteiger partial charge is 0.196 e. The Morgan fingerprint density at radius 2 is 0.676 bits per heavy atom. The Hall–Kier alpha value is -4.42. The minimum absolute atomic E-state index is 0.0475. The molecule has 0 saturated heterocycles. The monoisotopic (exact) mass is 1480 g/mol. The lowest BCUT2D eigenvalue weighted by Gasteiger charge is -2.24. The molecule has 1 aliphatic rings. The molecule has 10 aromatic rings. The molecule has 0 amide bonds. The molecule has 0 bridgehead atoms. The normalized spacial score (nSPS) is 14.5. The molecule has 0 saturated carbocycles. The minimum Gasteiger partial charge on any atom is -0.289 e. The summed E-state index contributed by atoms with van der Waals surface area (Å²) in [5.41, 5.74) is 15.5. The summed E-state index contributed by atoms with van der Waals surface area (Å²) in [6.07, 6.45) is 39.8. The molecule has 0 N–H and O–H groups in total. The molecule has 1 aliphatic carbocycles. The molecule has 0 fully saturated rings. The molecule has 11 rings (SSSR count). The lowest BCUT2D eigenvalue weighted by Crippen LogP contribution is -2.22. The lowest BCUT2D eigenvalue weighted by atomic mass is 9.78. The van der Waals surface area contributed by atoms with Crippen LogP contribution in [0.1, 0.15) is 339 Å². The van der Waals surface area contributed by atoms with Crippen molar-refractivity contribution in [2.75, 3.05) is 0 Å². The lowest BCUT2D eigenvalue weighted by molar-refractivity contribution is 0.0980. The second-order valence-electron chi connectivity index (χ2n) is 31.4. The SMILES string of the molecule is CCCCC(CC)CCc1c2cc(-c3sc(-c4cc5c(CCC(CC)CCCC)c6sc(-c7ccc(C)c8nsnc78)cc6c(CCC(CC)CCCC)c5s4)c4c3C(=O)c3cc(CC(CC)CCCC)c(CC(CC)CCCC)cc3C4=O)sc2c(CCC(CC)CCCC)c2cc(C)sc12. The molecule has 10 heteroatoms. The van der Waals surface area contributed by atoms with Crippen molar-refractivity contribution >= 4 is 131 Å². The van der Waals surface area contributed by atoms with Gasteiger partial charge in [0.15, 0.2) is 11.6 Å². The predicted molar refractivity (Wildman–Crippen MR) is 456 cm³/mol. The number of carbonyl (C=O) groups excluding carboxylic acids is 2. The van der Waals surface area contributed by atoms with E-state index in [2.05, 4.69) is 145 Å². The summed E-state index contributed by atoms with van der Waals surface area (Å²) >= 11 is 11.0. The van der Waals surface area contributed by atoms with Crippen molar-refractivity contribution in [3.8, 4) is 29.9 Å². The van der Waals surface area contributed by atoms with Crippen molar-refractivity contribution in [1.29, 1.82) is 0 Å². The summed E-state index contributed by atoms with van der Waals surface area (Å²) in [5.74, 6) is 3.80. The molecule has 6 atom stereocenters. The van der Waals surface area contributed by atoms with Crippen LogP contribution < -0.4 is 0 Å². The summed E-state index contributed by atoms with van der Waals surface area (Å²) in [4.78, 5) is 40.7. The van der Waals surface area contributed by atoms with Crippen LogP contribution in [0.5, 0.6) is 0 Å². The maximum atomic E-state index is 16.9. The number of hydrogen-bond acceptors (Lipinski definition) is 10. The number of nitrogens with zero attached hydrogens (tertiary/aromatic N) is 2. The number of thiophene rings is 5. The number of ketones is 2. The van der Waals surface area contributed by atoms with Crippen LogP contribution in [0, 0.1) is 49.4 Å². The van der Waals surface area contributed by atoms with Gasteiger partial charge in [-0.3, -0.25) is 9.59 Å². The van der Waals surface area contributed by atoms with E-state index >= 15 is 9.59 Å². The molecule has 0 aliphatic heterocycles. The van der Waals surface area contributed by atoms with Gasteiger partial charge in [0.2, 0.25) is 0 Å². The van der Waals surface area contributed by atoms with Crippen molar-refractivity contribution in [3.05, 3.63) is 115 Å². The second-order valence-corrected chi connectivity index (χ2v) is 37.3. The molecule has 550 valence electrons. The Bertz CT molecular complexity index is 4290. The zero-order chi connectivity index (χ0) is 72.1. The Morgan fingerprint density at radius 3 is 1.05 bits per heavy atom. The fourth-order valence-corrected chi connectivity index (χ4v) is 24.6. The van der Waals surface area contributed by atoms with Crippen molar-refractivity contribution in [3.63, 3.8) is 0 Å².